The summed E-state index contributed by atoms with van der Waals surface area (Å²) in [6.45, 7) is 0. The van der Waals surface area contributed by atoms with Crippen LogP contribution < -0.4 is 0 Å². The molecule has 0 radical (unpaired) electrons. The molecule has 0 saturated carbocycles. The maximum atomic E-state index is 12.4. The van der Waals surface area contributed by atoms with Crippen molar-refractivity contribution in [3.8, 4) is 0 Å². The SMILES string of the molecule is O=S1C2C=C(c3ccc4c5c(cccc35)CC4)CC1CCC2. The first-order chi connectivity index (χ1) is 10.8. The van der Waals surface area contributed by atoms with E-state index in [1.54, 1.807) is 0 Å². The average Bonchev–Trinajstić information content (AvgIpc) is 2.93. The minimum absolute atomic E-state index is 0.297. The molecular weight excluding hydrogens is 288 g/mol. The zero-order valence-corrected chi connectivity index (χ0v) is 13.5. The van der Waals surface area contributed by atoms with Crippen LogP contribution in [0.25, 0.3) is 16.3 Å². The summed E-state index contributed by atoms with van der Waals surface area (Å²) in [5.74, 6) is 0. The van der Waals surface area contributed by atoms with Crippen LogP contribution in [0, 0.1) is 0 Å². The van der Waals surface area contributed by atoms with Gasteiger partial charge in [0.2, 0.25) is 0 Å². The standard InChI is InChI=1S/C20H20OS/c21-22-16-4-2-5-17(22)12-15(11-16)18-10-9-14-8-7-13-3-1-6-19(18)20(13)14/h1,3,6,9-11,16-17H,2,4-5,7-8,12H2. The lowest BCUT2D eigenvalue weighted by Gasteiger charge is -2.33. The van der Waals surface area contributed by atoms with Crippen LogP contribution in [0.5, 0.6) is 0 Å². The van der Waals surface area contributed by atoms with Crippen LogP contribution in [0.3, 0.4) is 0 Å². The maximum absolute atomic E-state index is 12.4. The molecule has 3 unspecified atom stereocenters. The van der Waals surface area contributed by atoms with Gasteiger partial charge in [-0.2, -0.15) is 0 Å². The highest BCUT2D eigenvalue weighted by Crippen LogP contribution is 2.41. The van der Waals surface area contributed by atoms with E-state index >= 15 is 0 Å². The van der Waals surface area contributed by atoms with E-state index in [1.807, 2.05) is 0 Å². The van der Waals surface area contributed by atoms with Crippen LogP contribution >= 0.6 is 0 Å². The summed E-state index contributed by atoms with van der Waals surface area (Å²) in [6, 6.07) is 11.4. The Bertz CT molecular complexity index is 823. The second-order valence-electron chi connectivity index (χ2n) is 6.93. The summed E-state index contributed by atoms with van der Waals surface area (Å²) < 4.78 is 12.4. The van der Waals surface area contributed by atoms with Gasteiger partial charge in [-0.05, 0) is 65.1 Å². The lowest BCUT2D eigenvalue weighted by Crippen LogP contribution is -2.33. The van der Waals surface area contributed by atoms with E-state index in [0.29, 0.717) is 10.5 Å². The van der Waals surface area contributed by atoms with Crippen molar-refractivity contribution in [2.45, 2.75) is 49.0 Å². The van der Waals surface area contributed by atoms with Gasteiger partial charge >= 0.3 is 0 Å². The third kappa shape index (κ3) is 1.80. The van der Waals surface area contributed by atoms with Crippen LogP contribution in [0.4, 0.5) is 0 Å². The highest BCUT2D eigenvalue weighted by atomic mass is 32.2. The third-order valence-corrected chi connectivity index (χ3v) is 7.73. The van der Waals surface area contributed by atoms with Crippen molar-refractivity contribution in [1.29, 1.82) is 0 Å². The predicted molar refractivity (Wildman–Crippen MR) is 93.5 cm³/mol. The largest absolute Gasteiger partial charge is 0.259 e. The van der Waals surface area contributed by atoms with E-state index in [-0.39, 0.29) is 0 Å². The van der Waals surface area contributed by atoms with Gasteiger partial charge in [-0.25, -0.2) is 0 Å². The topological polar surface area (TPSA) is 17.1 Å². The number of fused-ring (bicyclic) bond motifs is 2. The molecule has 0 aromatic heterocycles. The van der Waals surface area contributed by atoms with E-state index in [0.717, 1.165) is 19.3 Å². The Morgan fingerprint density at radius 1 is 1.00 bits per heavy atom. The Labute approximate surface area is 133 Å². The fourth-order valence-corrected chi connectivity index (χ4v) is 6.56. The first-order valence-corrected chi connectivity index (χ1v) is 9.73. The molecule has 3 aliphatic rings. The Morgan fingerprint density at radius 3 is 2.73 bits per heavy atom. The minimum Gasteiger partial charge on any atom is -0.259 e. The molecule has 2 aromatic carbocycles. The van der Waals surface area contributed by atoms with E-state index in [1.165, 1.54) is 52.3 Å². The summed E-state index contributed by atoms with van der Waals surface area (Å²) in [5.41, 5.74) is 5.87. The molecule has 2 heterocycles. The van der Waals surface area contributed by atoms with Gasteiger partial charge < -0.3 is 0 Å². The summed E-state index contributed by atoms with van der Waals surface area (Å²) in [7, 11) is -0.637. The quantitative estimate of drug-likeness (QED) is 0.763. The van der Waals surface area contributed by atoms with Crippen molar-refractivity contribution >= 4 is 27.1 Å². The van der Waals surface area contributed by atoms with Crippen LogP contribution in [-0.2, 0) is 23.6 Å². The van der Waals surface area contributed by atoms with Crippen molar-refractivity contribution in [2.75, 3.05) is 0 Å². The summed E-state index contributed by atoms with van der Waals surface area (Å²) in [5, 5.41) is 3.61. The first-order valence-electron chi connectivity index (χ1n) is 8.45. The maximum Gasteiger partial charge on any atom is 0.0536 e. The second-order valence-corrected chi connectivity index (χ2v) is 8.86. The highest BCUT2D eigenvalue weighted by molar-refractivity contribution is 7.86. The fraction of sp³-hybridized carbons (Fsp3) is 0.400. The molecule has 2 aliphatic heterocycles. The van der Waals surface area contributed by atoms with Crippen molar-refractivity contribution < 1.29 is 4.21 Å². The molecule has 1 aliphatic carbocycles. The summed E-state index contributed by atoms with van der Waals surface area (Å²) >= 11 is 0. The van der Waals surface area contributed by atoms with E-state index < -0.39 is 10.8 Å². The number of rotatable bonds is 1. The zero-order valence-electron chi connectivity index (χ0n) is 12.7. The van der Waals surface area contributed by atoms with Gasteiger partial charge in [0.1, 0.15) is 0 Å². The average molecular weight is 308 g/mol. The monoisotopic (exact) mass is 308 g/mol. The van der Waals surface area contributed by atoms with Gasteiger partial charge in [0.15, 0.2) is 0 Å². The number of allylic oxidation sites excluding steroid dienone is 1. The van der Waals surface area contributed by atoms with Crippen molar-refractivity contribution in [3.05, 3.63) is 53.1 Å². The number of hydrogen-bond acceptors (Lipinski definition) is 1. The smallest absolute Gasteiger partial charge is 0.0536 e. The molecule has 0 amide bonds. The van der Waals surface area contributed by atoms with Crippen molar-refractivity contribution in [3.63, 3.8) is 0 Å². The molecule has 0 N–H and O–H groups in total. The molecule has 112 valence electrons. The van der Waals surface area contributed by atoms with Crippen LogP contribution in [0.15, 0.2) is 36.4 Å². The summed E-state index contributed by atoms with van der Waals surface area (Å²) in [6.07, 6.45) is 9.20. The van der Waals surface area contributed by atoms with Gasteiger partial charge in [0.05, 0.1) is 5.25 Å². The molecule has 1 fully saturated rings. The van der Waals surface area contributed by atoms with Gasteiger partial charge in [-0.1, -0.05) is 42.8 Å². The Balaban J connectivity index is 1.71. The van der Waals surface area contributed by atoms with Crippen LogP contribution in [0.2, 0.25) is 0 Å². The molecule has 1 saturated heterocycles. The molecular formula is C20H20OS. The van der Waals surface area contributed by atoms with E-state index in [4.69, 9.17) is 0 Å². The highest BCUT2D eigenvalue weighted by Gasteiger charge is 2.34. The molecule has 22 heavy (non-hydrogen) atoms. The van der Waals surface area contributed by atoms with Gasteiger partial charge in [-0.3, -0.25) is 4.21 Å². The Kier molecular flexibility index (Phi) is 2.85. The van der Waals surface area contributed by atoms with Crippen molar-refractivity contribution in [2.24, 2.45) is 0 Å². The summed E-state index contributed by atoms with van der Waals surface area (Å²) in [4.78, 5) is 0. The molecule has 2 heteroatoms. The van der Waals surface area contributed by atoms with Gasteiger partial charge in [-0.15, -0.1) is 0 Å². The fourth-order valence-electron chi connectivity index (χ4n) is 4.63. The lowest BCUT2D eigenvalue weighted by molar-refractivity contribution is 0.579. The first kappa shape index (κ1) is 13.1. The van der Waals surface area contributed by atoms with Crippen molar-refractivity contribution in [1.82, 2.24) is 0 Å². The number of hydrogen-bond donors (Lipinski definition) is 0. The molecule has 2 bridgehead atoms. The van der Waals surface area contributed by atoms with Crippen LogP contribution in [-0.4, -0.2) is 14.7 Å². The van der Waals surface area contributed by atoms with Gasteiger partial charge in [0, 0.05) is 16.0 Å². The van der Waals surface area contributed by atoms with E-state index in [9.17, 15) is 4.21 Å². The molecule has 3 atom stereocenters. The molecule has 2 aromatic rings. The van der Waals surface area contributed by atoms with Gasteiger partial charge in [0.25, 0.3) is 0 Å². The lowest BCUT2D eigenvalue weighted by atomic mass is 9.89. The zero-order chi connectivity index (χ0) is 14.7. The third-order valence-electron chi connectivity index (χ3n) is 5.70. The second kappa shape index (κ2) is 4.79. The Hall–Kier alpha value is -1.41. The minimum atomic E-state index is -0.637. The van der Waals surface area contributed by atoms with Crippen LogP contribution in [0.1, 0.15) is 42.4 Å². The molecule has 5 rings (SSSR count). The predicted octanol–water partition coefficient (Wildman–Crippen LogP) is 4.40. The normalized spacial score (nSPS) is 29.6. The Morgan fingerprint density at radius 2 is 1.86 bits per heavy atom. The molecule has 1 nitrogen and oxygen atoms in total. The molecule has 0 spiro atoms. The van der Waals surface area contributed by atoms with E-state index in [2.05, 4.69) is 36.4 Å². The number of benzene rings is 2. The number of aryl methyl sites for hydroxylation is 2.